The van der Waals surface area contributed by atoms with E-state index < -0.39 is 5.91 Å². The van der Waals surface area contributed by atoms with Crippen molar-refractivity contribution in [2.24, 2.45) is 0 Å². The third-order valence-corrected chi connectivity index (χ3v) is 6.22. The third-order valence-electron chi connectivity index (χ3n) is 4.67. The zero-order valence-electron chi connectivity index (χ0n) is 17.1. The Labute approximate surface area is 209 Å². The van der Waals surface area contributed by atoms with E-state index in [-0.39, 0.29) is 11.6 Å². The number of halogens is 3. The van der Waals surface area contributed by atoms with Gasteiger partial charge in [-0.1, -0.05) is 60.1 Å². The van der Waals surface area contributed by atoms with Crippen molar-refractivity contribution in [3.8, 4) is 11.8 Å². The molecule has 1 amide bonds. The van der Waals surface area contributed by atoms with Gasteiger partial charge in [-0.15, -0.1) is 0 Å². The van der Waals surface area contributed by atoms with Crippen molar-refractivity contribution < 1.29 is 9.53 Å². The van der Waals surface area contributed by atoms with Gasteiger partial charge in [0, 0.05) is 10.6 Å². The summed E-state index contributed by atoms with van der Waals surface area (Å²) < 4.78 is 7.29. The van der Waals surface area contributed by atoms with Gasteiger partial charge in [0.05, 0.1) is 15.0 Å². The minimum Gasteiger partial charge on any atom is -0.486 e. The standard InChI is InChI=1S/C25H19Br2ClN2O2/c1-16(18-7-3-2-4-8-18)30-25(31)20(14-29)11-17-12-21(26)24(22(27)13-17)32-15-19-9-5-6-10-23(19)28/h2-13,16H,15H2,1H3,(H,30,31)/b20-11-/t16-/m1/s1. The summed E-state index contributed by atoms with van der Waals surface area (Å²) in [6.07, 6.45) is 1.54. The smallest absolute Gasteiger partial charge is 0.262 e. The summed E-state index contributed by atoms with van der Waals surface area (Å²) in [5, 5.41) is 13.0. The van der Waals surface area contributed by atoms with Crippen LogP contribution in [0.5, 0.6) is 5.75 Å². The van der Waals surface area contributed by atoms with Crippen molar-refractivity contribution in [1.82, 2.24) is 5.32 Å². The molecule has 0 unspecified atom stereocenters. The molecule has 3 rings (SSSR count). The van der Waals surface area contributed by atoms with E-state index in [4.69, 9.17) is 16.3 Å². The van der Waals surface area contributed by atoms with Gasteiger partial charge >= 0.3 is 0 Å². The molecule has 0 bridgehead atoms. The summed E-state index contributed by atoms with van der Waals surface area (Å²) in [5.41, 5.74) is 2.51. The maximum absolute atomic E-state index is 12.6. The highest BCUT2D eigenvalue weighted by Gasteiger charge is 2.15. The molecule has 3 aromatic rings. The van der Waals surface area contributed by atoms with Crippen LogP contribution >= 0.6 is 43.5 Å². The molecule has 0 saturated carbocycles. The van der Waals surface area contributed by atoms with Gasteiger partial charge in [-0.25, -0.2) is 0 Å². The Kier molecular flexibility index (Phi) is 8.52. The fourth-order valence-corrected chi connectivity index (χ4v) is 4.62. The second-order valence-electron chi connectivity index (χ2n) is 6.97. The van der Waals surface area contributed by atoms with Gasteiger partial charge in [-0.2, -0.15) is 5.26 Å². The largest absolute Gasteiger partial charge is 0.486 e. The van der Waals surface area contributed by atoms with Crippen LogP contribution in [0.4, 0.5) is 0 Å². The monoisotopic (exact) mass is 572 g/mol. The van der Waals surface area contributed by atoms with Crippen LogP contribution in [0.15, 0.2) is 81.2 Å². The van der Waals surface area contributed by atoms with Crippen LogP contribution in [0.2, 0.25) is 5.02 Å². The Bertz CT molecular complexity index is 1170. The van der Waals surface area contributed by atoms with Crippen molar-refractivity contribution in [1.29, 1.82) is 5.26 Å². The Balaban J connectivity index is 1.75. The molecule has 0 saturated heterocycles. The summed E-state index contributed by atoms with van der Waals surface area (Å²) >= 11 is 13.2. The molecule has 0 heterocycles. The Morgan fingerprint density at radius 2 is 1.75 bits per heavy atom. The Hall–Kier alpha value is -2.59. The summed E-state index contributed by atoms with van der Waals surface area (Å²) in [5.74, 6) is 0.165. The van der Waals surface area contributed by atoms with Gasteiger partial charge in [0.1, 0.15) is 24.0 Å². The normalized spacial score (nSPS) is 12.0. The molecule has 0 aliphatic heterocycles. The van der Waals surface area contributed by atoms with E-state index in [0.29, 0.717) is 31.9 Å². The lowest BCUT2D eigenvalue weighted by atomic mass is 10.1. The van der Waals surface area contributed by atoms with E-state index in [1.54, 1.807) is 18.2 Å². The number of amides is 1. The molecule has 0 fully saturated rings. The SMILES string of the molecule is C[C@@H](NC(=O)/C(C#N)=C\c1cc(Br)c(OCc2ccccc2Cl)c(Br)c1)c1ccccc1. The van der Waals surface area contributed by atoms with E-state index in [2.05, 4.69) is 37.2 Å². The van der Waals surface area contributed by atoms with E-state index in [1.807, 2.05) is 67.6 Å². The Morgan fingerprint density at radius 3 is 2.38 bits per heavy atom. The molecule has 0 aromatic heterocycles. The lowest BCUT2D eigenvalue weighted by Crippen LogP contribution is -2.27. The van der Waals surface area contributed by atoms with E-state index in [9.17, 15) is 10.1 Å². The highest BCUT2D eigenvalue weighted by molar-refractivity contribution is 9.11. The quantitative estimate of drug-likeness (QED) is 0.239. The Morgan fingerprint density at radius 1 is 1.12 bits per heavy atom. The molecule has 3 aromatic carbocycles. The predicted molar refractivity (Wildman–Crippen MR) is 134 cm³/mol. The van der Waals surface area contributed by atoms with Gasteiger partial charge in [-0.05, 0) is 74.2 Å². The molecule has 1 atom stereocenters. The number of carbonyl (C=O) groups excluding carboxylic acids is 1. The maximum atomic E-state index is 12.6. The fraction of sp³-hybridized carbons (Fsp3) is 0.120. The first-order chi connectivity index (χ1) is 15.4. The highest BCUT2D eigenvalue weighted by atomic mass is 79.9. The van der Waals surface area contributed by atoms with Crippen LogP contribution in [0.1, 0.15) is 29.7 Å². The first-order valence-corrected chi connectivity index (χ1v) is 11.7. The van der Waals surface area contributed by atoms with Crippen molar-refractivity contribution >= 4 is 55.4 Å². The van der Waals surface area contributed by atoms with Crippen LogP contribution in [-0.4, -0.2) is 5.91 Å². The summed E-state index contributed by atoms with van der Waals surface area (Å²) in [4.78, 5) is 12.6. The second kappa shape index (κ2) is 11.3. The first kappa shape index (κ1) is 24.1. The molecule has 4 nitrogen and oxygen atoms in total. The third kappa shape index (κ3) is 6.23. The van der Waals surface area contributed by atoms with Crippen LogP contribution in [0.3, 0.4) is 0 Å². The van der Waals surface area contributed by atoms with Gasteiger partial charge in [0.25, 0.3) is 5.91 Å². The second-order valence-corrected chi connectivity index (χ2v) is 9.09. The van der Waals surface area contributed by atoms with Crippen molar-refractivity contribution in [2.75, 3.05) is 0 Å². The van der Waals surface area contributed by atoms with Crippen LogP contribution in [-0.2, 0) is 11.4 Å². The van der Waals surface area contributed by atoms with E-state index >= 15 is 0 Å². The summed E-state index contributed by atoms with van der Waals surface area (Å²) in [7, 11) is 0. The topological polar surface area (TPSA) is 62.1 Å². The molecule has 0 aliphatic carbocycles. The lowest BCUT2D eigenvalue weighted by molar-refractivity contribution is -0.117. The number of carbonyl (C=O) groups is 1. The number of benzene rings is 3. The van der Waals surface area contributed by atoms with E-state index in [1.165, 1.54) is 0 Å². The van der Waals surface area contributed by atoms with Crippen LogP contribution in [0.25, 0.3) is 6.08 Å². The van der Waals surface area contributed by atoms with Crippen molar-refractivity contribution in [3.63, 3.8) is 0 Å². The average Bonchev–Trinajstić information content (AvgIpc) is 2.78. The molecule has 0 spiro atoms. The zero-order chi connectivity index (χ0) is 23.1. The average molecular weight is 575 g/mol. The molecule has 0 aliphatic rings. The first-order valence-electron chi connectivity index (χ1n) is 9.72. The number of nitrogens with zero attached hydrogens (tertiary/aromatic N) is 1. The van der Waals surface area contributed by atoms with Gasteiger partial charge in [0.15, 0.2) is 0 Å². The number of ether oxygens (including phenoxy) is 1. The van der Waals surface area contributed by atoms with Gasteiger partial charge < -0.3 is 10.1 Å². The zero-order valence-corrected chi connectivity index (χ0v) is 21.0. The highest BCUT2D eigenvalue weighted by Crippen LogP contribution is 2.36. The minimum atomic E-state index is -0.435. The van der Waals surface area contributed by atoms with Crippen molar-refractivity contribution in [3.05, 3.63) is 103 Å². The molecule has 162 valence electrons. The van der Waals surface area contributed by atoms with Crippen LogP contribution < -0.4 is 10.1 Å². The maximum Gasteiger partial charge on any atom is 0.262 e. The van der Waals surface area contributed by atoms with Crippen molar-refractivity contribution in [2.45, 2.75) is 19.6 Å². The number of nitrogens with one attached hydrogen (secondary N) is 1. The minimum absolute atomic E-state index is 0.0105. The number of rotatable bonds is 7. The number of nitriles is 1. The van der Waals surface area contributed by atoms with Gasteiger partial charge in [-0.3, -0.25) is 4.79 Å². The van der Waals surface area contributed by atoms with E-state index in [0.717, 1.165) is 11.1 Å². The number of hydrogen-bond acceptors (Lipinski definition) is 3. The molecule has 1 N–H and O–H groups in total. The molecule has 32 heavy (non-hydrogen) atoms. The van der Waals surface area contributed by atoms with Gasteiger partial charge in [0.2, 0.25) is 0 Å². The number of hydrogen-bond donors (Lipinski definition) is 1. The molecule has 7 heteroatoms. The fourth-order valence-electron chi connectivity index (χ4n) is 2.98. The molecule has 0 radical (unpaired) electrons. The lowest BCUT2D eigenvalue weighted by Gasteiger charge is -2.14. The summed E-state index contributed by atoms with van der Waals surface area (Å²) in [6.45, 7) is 2.18. The molecular formula is C25H19Br2ClN2O2. The van der Waals surface area contributed by atoms with Crippen LogP contribution in [0, 0.1) is 11.3 Å². The predicted octanol–water partition coefficient (Wildman–Crippen LogP) is 7.23. The summed E-state index contributed by atoms with van der Waals surface area (Å²) in [6, 6.07) is 22.4. The molecular weight excluding hydrogens is 556 g/mol.